The summed E-state index contributed by atoms with van der Waals surface area (Å²) in [6, 6.07) is 2.87. The average Bonchev–Trinajstić information content (AvgIpc) is 3.37. The SMILES string of the molecule is CON=C(C(=O)NC1C(=O)N2CC(CSC=Cc3cccnc3)(C(=O)O)CS[C@H]12)c1csc(NC=O)n1. The van der Waals surface area contributed by atoms with Crippen molar-refractivity contribution in [3.05, 3.63) is 46.6 Å². The number of carboxylic acid groups (broad SMARTS) is 1. The van der Waals surface area contributed by atoms with Crippen LogP contribution in [0.15, 0.2) is 40.5 Å². The minimum absolute atomic E-state index is 0.0464. The lowest BCUT2D eigenvalue weighted by Crippen LogP contribution is -2.74. The van der Waals surface area contributed by atoms with Crippen LogP contribution < -0.4 is 10.6 Å². The lowest BCUT2D eigenvalue weighted by molar-refractivity contribution is -0.157. The van der Waals surface area contributed by atoms with E-state index in [9.17, 15) is 24.3 Å². The molecule has 2 aliphatic heterocycles. The smallest absolute Gasteiger partial charge is 0.313 e. The largest absolute Gasteiger partial charge is 0.481 e. The van der Waals surface area contributed by atoms with Gasteiger partial charge >= 0.3 is 5.97 Å². The van der Waals surface area contributed by atoms with Crippen molar-refractivity contribution in [2.45, 2.75) is 11.4 Å². The van der Waals surface area contributed by atoms with Gasteiger partial charge in [0.15, 0.2) is 10.8 Å². The number of carbonyl (C=O) groups excluding carboxylic acids is 3. The normalized spacial score (nSPS) is 23.2. The van der Waals surface area contributed by atoms with Gasteiger partial charge in [0.2, 0.25) is 12.3 Å². The second kappa shape index (κ2) is 11.7. The molecule has 2 saturated heterocycles. The number of nitrogens with one attached hydrogen (secondary N) is 2. The summed E-state index contributed by atoms with van der Waals surface area (Å²) in [6.07, 6.45) is 5.69. The van der Waals surface area contributed by atoms with Crippen LogP contribution in [0.25, 0.3) is 6.08 Å². The highest BCUT2D eigenvalue weighted by Gasteiger charge is 2.57. The number of anilines is 1. The maximum absolute atomic E-state index is 12.9. The fourth-order valence-electron chi connectivity index (χ4n) is 3.72. The molecule has 0 aliphatic carbocycles. The molecule has 4 heterocycles. The molecule has 194 valence electrons. The van der Waals surface area contributed by atoms with Gasteiger partial charge in [-0.3, -0.25) is 24.2 Å². The molecule has 0 bridgehead atoms. The standard InChI is InChI=1S/C22H22N6O6S3/c1-34-27-15(14-8-36-21(25-14)24-12-29)17(30)26-16-18(31)28-9-22(20(32)33,11-37-19(16)28)10-35-6-4-13-3-2-5-23-7-13/h2-8,12,16,19H,9-11H2,1H3,(H,26,30)(H,32,33)(H,24,25,29)/t16?,19-,22?/m1/s1. The number of rotatable bonds is 11. The fourth-order valence-corrected chi connectivity index (χ4v) is 7.03. The first-order valence-corrected chi connectivity index (χ1v) is 13.8. The molecule has 0 aromatic carbocycles. The maximum Gasteiger partial charge on any atom is 0.313 e. The minimum Gasteiger partial charge on any atom is -0.481 e. The summed E-state index contributed by atoms with van der Waals surface area (Å²) in [6.45, 7) is 0.0464. The Morgan fingerprint density at radius 1 is 1.46 bits per heavy atom. The summed E-state index contributed by atoms with van der Waals surface area (Å²) in [7, 11) is 1.27. The number of thioether (sulfide) groups is 2. The van der Waals surface area contributed by atoms with Crippen molar-refractivity contribution in [2.24, 2.45) is 10.6 Å². The Balaban J connectivity index is 1.38. The lowest BCUT2D eigenvalue weighted by Gasteiger charge is -2.53. The molecule has 0 spiro atoms. The average molecular weight is 563 g/mol. The number of aliphatic carboxylic acids is 1. The second-order valence-corrected chi connectivity index (χ2v) is 10.9. The number of thiazole rings is 1. The number of nitrogens with zero attached hydrogens (tertiary/aromatic N) is 4. The fraction of sp³-hybridized carbons (Fsp3) is 0.318. The number of amides is 3. The Labute approximate surface area is 223 Å². The first kappa shape index (κ1) is 26.6. The van der Waals surface area contributed by atoms with Crippen molar-refractivity contribution in [2.75, 3.05) is 30.5 Å². The summed E-state index contributed by atoms with van der Waals surface area (Å²) < 4.78 is 0. The van der Waals surface area contributed by atoms with E-state index in [1.807, 2.05) is 23.6 Å². The molecule has 3 amide bonds. The van der Waals surface area contributed by atoms with Crippen LogP contribution in [0, 0.1) is 5.41 Å². The van der Waals surface area contributed by atoms with E-state index >= 15 is 0 Å². The van der Waals surface area contributed by atoms with E-state index in [4.69, 9.17) is 4.84 Å². The van der Waals surface area contributed by atoms with Crippen molar-refractivity contribution < 1.29 is 29.1 Å². The third kappa shape index (κ3) is 5.78. The predicted molar refractivity (Wildman–Crippen MR) is 141 cm³/mol. The van der Waals surface area contributed by atoms with Crippen LogP contribution in [0.4, 0.5) is 5.13 Å². The molecule has 0 radical (unpaired) electrons. The van der Waals surface area contributed by atoms with Crippen molar-refractivity contribution in [1.82, 2.24) is 20.2 Å². The molecule has 15 heteroatoms. The van der Waals surface area contributed by atoms with Gasteiger partial charge in [0.25, 0.3) is 5.91 Å². The summed E-state index contributed by atoms with van der Waals surface area (Å²) in [5.41, 5.74) is -0.198. The van der Waals surface area contributed by atoms with Gasteiger partial charge < -0.3 is 25.5 Å². The molecular weight excluding hydrogens is 540 g/mol. The van der Waals surface area contributed by atoms with Gasteiger partial charge in [-0.1, -0.05) is 11.2 Å². The third-order valence-corrected chi connectivity index (χ3v) is 9.02. The van der Waals surface area contributed by atoms with E-state index in [0.717, 1.165) is 16.9 Å². The van der Waals surface area contributed by atoms with Gasteiger partial charge in [0, 0.05) is 35.8 Å². The van der Waals surface area contributed by atoms with Crippen LogP contribution >= 0.6 is 34.9 Å². The predicted octanol–water partition coefficient (Wildman–Crippen LogP) is 1.33. The van der Waals surface area contributed by atoms with E-state index in [1.54, 1.807) is 12.4 Å². The summed E-state index contributed by atoms with van der Waals surface area (Å²) in [5.74, 6) is -1.45. The van der Waals surface area contributed by atoms with Crippen molar-refractivity contribution in [3.63, 3.8) is 0 Å². The number of hydrogen-bond acceptors (Lipinski definition) is 11. The van der Waals surface area contributed by atoms with Gasteiger partial charge in [0.05, 0.1) is 0 Å². The number of pyridine rings is 1. The van der Waals surface area contributed by atoms with Crippen LogP contribution in [0.3, 0.4) is 0 Å². The third-order valence-electron chi connectivity index (χ3n) is 5.61. The van der Waals surface area contributed by atoms with Gasteiger partial charge in [-0.25, -0.2) is 4.98 Å². The van der Waals surface area contributed by atoms with Crippen molar-refractivity contribution >= 4 is 76.0 Å². The molecule has 12 nitrogen and oxygen atoms in total. The second-order valence-electron chi connectivity index (χ2n) is 8.03. The first-order chi connectivity index (χ1) is 17.9. The quantitative estimate of drug-likeness (QED) is 0.158. The molecule has 2 aromatic heterocycles. The highest BCUT2D eigenvalue weighted by atomic mass is 32.2. The number of hydrogen-bond donors (Lipinski definition) is 3. The number of carbonyl (C=O) groups is 4. The van der Waals surface area contributed by atoms with E-state index < -0.39 is 28.7 Å². The Hall–Kier alpha value is -3.43. The van der Waals surface area contributed by atoms with E-state index in [0.29, 0.717) is 6.41 Å². The zero-order valence-corrected chi connectivity index (χ0v) is 21.8. The maximum atomic E-state index is 12.9. The number of fused-ring (bicyclic) bond motifs is 1. The van der Waals surface area contributed by atoms with Gasteiger partial charge in [-0.2, -0.15) is 0 Å². The zero-order chi connectivity index (χ0) is 26.4. The summed E-state index contributed by atoms with van der Waals surface area (Å²) in [5, 5.41) is 22.0. The van der Waals surface area contributed by atoms with Crippen LogP contribution in [-0.2, 0) is 24.0 Å². The highest BCUT2D eigenvalue weighted by molar-refractivity contribution is 8.02. The Bertz CT molecular complexity index is 1240. The van der Waals surface area contributed by atoms with Crippen LogP contribution in [0.1, 0.15) is 11.3 Å². The Kier molecular flexibility index (Phi) is 8.45. The Morgan fingerprint density at radius 2 is 2.30 bits per heavy atom. The summed E-state index contributed by atoms with van der Waals surface area (Å²) in [4.78, 5) is 63.1. The molecule has 2 unspecified atom stereocenters. The number of aromatic nitrogens is 2. The Morgan fingerprint density at radius 3 is 3.00 bits per heavy atom. The summed E-state index contributed by atoms with van der Waals surface area (Å²) >= 11 is 3.78. The number of carboxylic acids is 1. The van der Waals surface area contributed by atoms with Crippen LogP contribution in [-0.4, -0.2) is 86.5 Å². The lowest BCUT2D eigenvalue weighted by atomic mass is 9.89. The molecule has 3 N–H and O–H groups in total. The van der Waals surface area contributed by atoms with Crippen LogP contribution in [0.2, 0.25) is 0 Å². The van der Waals surface area contributed by atoms with Gasteiger partial charge in [-0.15, -0.1) is 34.9 Å². The van der Waals surface area contributed by atoms with Gasteiger partial charge in [0.1, 0.15) is 29.6 Å². The molecule has 2 fully saturated rings. The monoisotopic (exact) mass is 562 g/mol. The molecule has 4 rings (SSSR count). The molecular formula is C22H22N6O6S3. The van der Waals surface area contributed by atoms with Crippen LogP contribution in [0.5, 0.6) is 0 Å². The zero-order valence-electron chi connectivity index (χ0n) is 19.4. The molecule has 2 aliphatic rings. The van der Waals surface area contributed by atoms with E-state index in [1.165, 1.54) is 40.9 Å². The minimum atomic E-state index is -1.12. The van der Waals surface area contributed by atoms with Crippen molar-refractivity contribution in [3.8, 4) is 0 Å². The molecule has 3 atom stereocenters. The van der Waals surface area contributed by atoms with E-state index in [-0.39, 0.29) is 40.5 Å². The highest BCUT2D eigenvalue weighted by Crippen LogP contribution is 2.43. The number of oxime groups is 1. The number of β-lactam (4-membered cyclic amide) rings is 1. The molecule has 2 aromatic rings. The topological polar surface area (TPSA) is 163 Å². The van der Waals surface area contributed by atoms with Gasteiger partial charge in [-0.05, 0) is 23.1 Å². The molecule has 0 saturated carbocycles. The van der Waals surface area contributed by atoms with E-state index in [2.05, 4.69) is 25.8 Å². The molecule has 37 heavy (non-hydrogen) atoms. The first-order valence-electron chi connectivity index (χ1n) is 10.8. The van der Waals surface area contributed by atoms with Crippen molar-refractivity contribution in [1.29, 1.82) is 0 Å².